The fraction of sp³-hybridized carbons (Fsp3) is 0.350. The quantitative estimate of drug-likeness (QED) is 0.772. The van der Waals surface area contributed by atoms with E-state index in [1.165, 1.54) is 4.31 Å². The number of nitrogens with one attached hydrogen (secondary N) is 1. The smallest absolute Gasteiger partial charge is 0.240 e. The zero-order valence-corrected chi connectivity index (χ0v) is 16.3. The Morgan fingerprint density at radius 3 is 2.31 bits per heavy atom. The largest absolute Gasteiger partial charge is 0.354 e. The number of carbonyl (C=O) groups excluding carboxylic acids is 1. The van der Waals surface area contributed by atoms with Gasteiger partial charge in [-0.05, 0) is 29.5 Å². The van der Waals surface area contributed by atoms with E-state index < -0.39 is 10.0 Å². The molecule has 2 aromatic rings. The number of aryl methyl sites for hydroxylation is 1. The van der Waals surface area contributed by atoms with E-state index in [-0.39, 0.29) is 18.4 Å². The number of sulfonamides is 1. The van der Waals surface area contributed by atoms with Gasteiger partial charge in [-0.25, -0.2) is 8.42 Å². The van der Waals surface area contributed by atoms with Crippen molar-refractivity contribution >= 4 is 21.6 Å². The Balaban J connectivity index is 2.08. The highest BCUT2D eigenvalue weighted by atomic mass is 32.2. The molecule has 0 aliphatic rings. The van der Waals surface area contributed by atoms with Crippen LogP contribution in [0.25, 0.3) is 0 Å². The molecule has 0 unspecified atom stereocenters. The number of rotatable bonds is 8. The van der Waals surface area contributed by atoms with Gasteiger partial charge in [-0.2, -0.15) is 0 Å². The minimum atomic E-state index is -3.56. The van der Waals surface area contributed by atoms with Crippen LogP contribution in [0.3, 0.4) is 0 Å². The minimum absolute atomic E-state index is 0.148. The van der Waals surface area contributed by atoms with Crippen LogP contribution in [0.15, 0.2) is 54.6 Å². The molecule has 1 N–H and O–H groups in total. The van der Waals surface area contributed by atoms with Crippen LogP contribution in [-0.2, 0) is 21.2 Å². The number of hydrogen-bond acceptors (Lipinski definition) is 3. The number of amides is 1. The highest BCUT2D eigenvalue weighted by Gasteiger charge is 2.22. The summed E-state index contributed by atoms with van der Waals surface area (Å²) >= 11 is 0. The summed E-state index contributed by atoms with van der Waals surface area (Å²) in [7, 11) is -3.56. The standard InChI is InChI=1S/C20H26N2O3S/c1-4-17-10-8-9-13-19(17)22(26(3,24)25)15-20(23)21-14-16(2)18-11-6-5-7-12-18/h5-13,16H,4,14-15H2,1-3H3,(H,21,23)/t16-/m1/s1. The van der Waals surface area contributed by atoms with Crippen LogP contribution in [0.4, 0.5) is 5.69 Å². The van der Waals surface area contributed by atoms with Crippen molar-refractivity contribution in [2.45, 2.75) is 26.2 Å². The first-order valence-electron chi connectivity index (χ1n) is 8.70. The van der Waals surface area contributed by atoms with Gasteiger partial charge >= 0.3 is 0 Å². The van der Waals surface area contributed by atoms with Gasteiger partial charge in [0.25, 0.3) is 0 Å². The second-order valence-corrected chi connectivity index (χ2v) is 8.27. The van der Waals surface area contributed by atoms with Crippen molar-refractivity contribution < 1.29 is 13.2 Å². The second kappa shape index (κ2) is 8.85. The number of hydrogen-bond donors (Lipinski definition) is 1. The molecule has 0 aromatic heterocycles. The van der Waals surface area contributed by atoms with E-state index >= 15 is 0 Å². The highest BCUT2D eigenvalue weighted by molar-refractivity contribution is 7.92. The average molecular weight is 375 g/mol. The number of carbonyl (C=O) groups is 1. The van der Waals surface area contributed by atoms with Crippen molar-refractivity contribution in [3.63, 3.8) is 0 Å². The highest BCUT2D eigenvalue weighted by Crippen LogP contribution is 2.23. The molecule has 0 saturated carbocycles. The van der Waals surface area contributed by atoms with Crippen LogP contribution in [0.2, 0.25) is 0 Å². The zero-order chi connectivity index (χ0) is 19.2. The molecule has 2 aromatic carbocycles. The zero-order valence-electron chi connectivity index (χ0n) is 15.5. The van der Waals surface area contributed by atoms with Crippen molar-refractivity contribution in [1.82, 2.24) is 5.32 Å². The van der Waals surface area contributed by atoms with Gasteiger partial charge in [0.2, 0.25) is 15.9 Å². The molecule has 26 heavy (non-hydrogen) atoms. The van der Waals surface area contributed by atoms with Gasteiger partial charge in [-0.15, -0.1) is 0 Å². The van der Waals surface area contributed by atoms with E-state index in [0.717, 1.165) is 17.4 Å². The molecule has 2 rings (SSSR count). The Hall–Kier alpha value is -2.34. The van der Waals surface area contributed by atoms with Gasteiger partial charge in [-0.1, -0.05) is 62.4 Å². The lowest BCUT2D eigenvalue weighted by Gasteiger charge is -2.24. The minimum Gasteiger partial charge on any atom is -0.354 e. The topological polar surface area (TPSA) is 66.5 Å². The first kappa shape index (κ1) is 20.0. The third-order valence-electron chi connectivity index (χ3n) is 4.30. The van der Waals surface area contributed by atoms with Crippen LogP contribution < -0.4 is 9.62 Å². The van der Waals surface area contributed by atoms with E-state index in [0.29, 0.717) is 18.7 Å². The van der Waals surface area contributed by atoms with Gasteiger partial charge in [-0.3, -0.25) is 9.10 Å². The number of para-hydroxylation sites is 1. The van der Waals surface area contributed by atoms with Crippen molar-refractivity contribution in [3.8, 4) is 0 Å². The molecule has 1 atom stereocenters. The SMILES string of the molecule is CCc1ccccc1N(CC(=O)NC[C@@H](C)c1ccccc1)S(C)(=O)=O. The molecule has 0 bridgehead atoms. The van der Waals surface area contributed by atoms with Gasteiger partial charge < -0.3 is 5.32 Å². The summed E-state index contributed by atoms with van der Waals surface area (Å²) in [6.07, 6.45) is 1.81. The number of benzene rings is 2. The summed E-state index contributed by atoms with van der Waals surface area (Å²) in [5.74, 6) is -0.168. The molecule has 0 fully saturated rings. The lowest BCUT2D eigenvalue weighted by molar-refractivity contribution is -0.119. The molecule has 0 spiro atoms. The lowest BCUT2D eigenvalue weighted by Crippen LogP contribution is -2.41. The Labute approximate surface area is 156 Å². The van der Waals surface area contributed by atoms with Crippen LogP contribution in [0.1, 0.15) is 30.9 Å². The summed E-state index contributed by atoms with van der Waals surface area (Å²) in [4.78, 5) is 12.4. The van der Waals surface area contributed by atoms with Gasteiger partial charge in [0, 0.05) is 6.54 Å². The van der Waals surface area contributed by atoms with E-state index in [2.05, 4.69) is 5.32 Å². The Kier molecular flexibility index (Phi) is 6.80. The first-order chi connectivity index (χ1) is 12.3. The van der Waals surface area contributed by atoms with Crippen molar-refractivity contribution in [3.05, 3.63) is 65.7 Å². The van der Waals surface area contributed by atoms with Crippen molar-refractivity contribution in [1.29, 1.82) is 0 Å². The maximum atomic E-state index is 12.4. The predicted molar refractivity (Wildman–Crippen MR) is 106 cm³/mol. The van der Waals surface area contributed by atoms with Gasteiger partial charge in [0.05, 0.1) is 11.9 Å². The van der Waals surface area contributed by atoms with Gasteiger partial charge in [0.1, 0.15) is 6.54 Å². The molecule has 140 valence electrons. The summed E-state index contributed by atoms with van der Waals surface area (Å²) in [6, 6.07) is 17.1. The number of nitrogens with zero attached hydrogens (tertiary/aromatic N) is 1. The summed E-state index contributed by atoms with van der Waals surface area (Å²) in [5, 5.41) is 2.85. The normalized spacial score (nSPS) is 12.4. The fourth-order valence-electron chi connectivity index (χ4n) is 2.79. The monoisotopic (exact) mass is 374 g/mol. The second-order valence-electron chi connectivity index (χ2n) is 6.37. The maximum absolute atomic E-state index is 12.4. The summed E-state index contributed by atoms with van der Waals surface area (Å²) in [6.45, 7) is 4.21. The Morgan fingerprint density at radius 2 is 1.69 bits per heavy atom. The first-order valence-corrected chi connectivity index (χ1v) is 10.5. The molecular weight excluding hydrogens is 348 g/mol. The van der Waals surface area contributed by atoms with E-state index in [1.807, 2.05) is 56.3 Å². The van der Waals surface area contributed by atoms with Gasteiger partial charge in [0.15, 0.2) is 0 Å². The lowest BCUT2D eigenvalue weighted by atomic mass is 10.0. The van der Waals surface area contributed by atoms with Crippen molar-refractivity contribution in [2.75, 3.05) is 23.7 Å². The predicted octanol–water partition coefficient (Wildman–Crippen LogP) is 2.93. The van der Waals surface area contributed by atoms with Crippen LogP contribution >= 0.6 is 0 Å². The molecule has 0 aliphatic heterocycles. The fourth-order valence-corrected chi connectivity index (χ4v) is 3.67. The van der Waals surface area contributed by atoms with Crippen LogP contribution in [0, 0.1) is 0 Å². The molecule has 6 heteroatoms. The molecular formula is C20H26N2O3S. The third kappa shape index (κ3) is 5.33. The molecule has 1 amide bonds. The third-order valence-corrected chi connectivity index (χ3v) is 5.43. The molecule has 0 saturated heterocycles. The summed E-state index contributed by atoms with van der Waals surface area (Å²) < 4.78 is 25.7. The molecule has 5 nitrogen and oxygen atoms in total. The average Bonchev–Trinajstić information content (AvgIpc) is 2.64. The molecule has 0 heterocycles. The van der Waals surface area contributed by atoms with E-state index in [9.17, 15) is 13.2 Å². The van der Waals surface area contributed by atoms with Crippen LogP contribution in [-0.4, -0.2) is 33.7 Å². The Bertz CT molecular complexity index is 835. The maximum Gasteiger partial charge on any atom is 0.240 e. The molecule has 0 radical (unpaired) electrons. The Morgan fingerprint density at radius 1 is 1.08 bits per heavy atom. The van der Waals surface area contributed by atoms with Crippen molar-refractivity contribution in [2.24, 2.45) is 0 Å². The summed E-state index contributed by atoms with van der Waals surface area (Å²) in [5.41, 5.74) is 2.58. The van der Waals surface area contributed by atoms with E-state index in [4.69, 9.17) is 0 Å². The molecule has 0 aliphatic carbocycles. The van der Waals surface area contributed by atoms with Crippen LogP contribution in [0.5, 0.6) is 0 Å². The van der Waals surface area contributed by atoms with E-state index in [1.54, 1.807) is 12.1 Å². The number of anilines is 1.